The molecule has 4 heteroatoms. The van der Waals surface area contributed by atoms with Gasteiger partial charge in [0.15, 0.2) is 0 Å². The summed E-state index contributed by atoms with van der Waals surface area (Å²) in [5, 5.41) is 14.7. The van der Waals surface area contributed by atoms with E-state index >= 15 is 0 Å². The molecule has 0 atom stereocenters. The number of hydrogen-bond donors (Lipinski definition) is 1. The Morgan fingerprint density at radius 3 is 2.75 bits per heavy atom. The average Bonchev–Trinajstić information content (AvgIpc) is 2.51. The van der Waals surface area contributed by atoms with E-state index in [4.69, 9.17) is 5.26 Å². The Bertz CT molecular complexity index is 669. The van der Waals surface area contributed by atoms with Crippen LogP contribution in [0.3, 0.4) is 0 Å². The number of nitrogens with zero attached hydrogens (tertiary/aromatic N) is 2. The summed E-state index contributed by atoms with van der Waals surface area (Å²) in [4.78, 5) is 4.52. The van der Waals surface area contributed by atoms with E-state index in [0.29, 0.717) is 11.6 Å². The van der Waals surface area contributed by atoms with E-state index < -0.39 is 0 Å². The van der Waals surface area contributed by atoms with E-state index in [0.717, 1.165) is 21.1 Å². The Morgan fingerprint density at radius 1 is 1.20 bits per heavy atom. The van der Waals surface area contributed by atoms with Crippen molar-refractivity contribution < 1.29 is 0 Å². The Hall–Kier alpha value is -1.60. The number of hydrogen-bond acceptors (Lipinski definition) is 3. The van der Waals surface area contributed by atoms with Crippen LogP contribution in [0.5, 0.6) is 0 Å². The molecular weight excluding hydrogens is 314 g/mol. The van der Waals surface area contributed by atoms with Gasteiger partial charge in [-0.15, -0.1) is 0 Å². The van der Waals surface area contributed by atoms with Crippen molar-refractivity contribution in [3.8, 4) is 6.07 Å². The van der Waals surface area contributed by atoms with Crippen molar-refractivity contribution in [1.29, 1.82) is 5.26 Å². The largest absolute Gasteiger partial charge is 0.367 e. The molecule has 0 bridgehead atoms. The molecule has 0 radical (unpaired) electrons. The number of benzene rings is 1. The number of anilines is 1. The average molecular weight is 330 g/mol. The second-order valence-corrected chi connectivity index (χ2v) is 6.16. The molecule has 1 aliphatic carbocycles. The highest BCUT2D eigenvalue weighted by Gasteiger charge is 2.15. The fourth-order valence-corrected chi connectivity index (χ4v) is 3.26. The Morgan fingerprint density at radius 2 is 2.00 bits per heavy atom. The summed E-state index contributed by atoms with van der Waals surface area (Å²) in [7, 11) is 0. The fraction of sp³-hybridized carbons (Fsp3) is 0.375. The van der Waals surface area contributed by atoms with Gasteiger partial charge >= 0.3 is 0 Å². The zero-order valence-electron chi connectivity index (χ0n) is 11.2. The van der Waals surface area contributed by atoms with E-state index in [1.54, 1.807) is 0 Å². The van der Waals surface area contributed by atoms with Gasteiger partial charge in [-0.05, 0) is 47.0 Å². The smallest absolute Gasteiger partial charge is 0.134 e. The topological polar surface area (TPSA) is 48.7 Å². The molecule has 1 saturated carbocycles. The number of nitriles is 1. The third kappa shape index (κ3) is 2.64. The maximum absolute atomic E-state index is 9.02. The highest BCUT2D eigenvalue weighted by atomic mass is 79.9. The van der Waals surface area contributed by atoms with Crippen molar-refractivity contribution in [1.82, 2.24) is 4.98 Å². The Kier molecular flexibility index (Phi) is 3.88. The Balaban J connectivity index is 1.99. The van der Waals surface area contributed by atoms with Crippen LogP contribution in [-0.2, 0) is 0 Å². The van der Waals surface area contributed by atoms with Gasteiger partial charge in [-0.2, -0.15) is 5.26 Å². The van der Waals surface area contributed by atoms with Crippen LogP contribution in [0.4, 0.5) is 5.82 Å². The molecule has 3 nitrogen and oxygen atoms in total. The van der Waals surface area contributed by atoms with Crippen molar-refractivity contribution in [2.45, 2.75) is 38.1 Å². The van der Waals surface area contributed by atoms with E-state index in [2.05, 4.69) is 32.3 Å². The van der Waals surface area contributed by atoms with E-state index in [-0.39, 0.29) is 0 Å². The van der Waals surface area contributed by atoms with Gasteiger partial charge in [0, 0.05) is 27.5 Å². The molecule has 1 fully saturated rings. The zero-order valence-corrected chi connectivity index (χ0v) is 12.8. The molecule has 102 valence electrons. The molecular formula is C16H16BrN3. The minimum absolute atomic E-state index is 0.524. The lowest BCUT2D eigenvalue weighted by Gasteiger charge is -2.24. The Labute approximate surface area is 127 Å². The van der Waals surface area contributed by atoms with Gasteiger partial charge in [-0.3, -0.25) is 0 Å². The van der Waals surface area contributed by atoms with Crippen molar-refractivity contribution >= 4 is 32.5 Å². The monoisotopic (exact) mass is 329 g/mol. The maximum atomic E-state index is 9.02. The number of nitrogens with one attached hydrogen (secondary N) is 1. The molecule has 0 aliphatic heterocycles. The van der Waals surface area contributed by atoms with Crippen LogP contribution in [0, 0.1) is 11.3 Å². The lowest BCUT2D eigenvalue weighted by Crippen LogP contribution is -2.22. The van der Waals surface area contributed by atoms with Gasteiger partial charge in [0.1, 0.15) is 5.82 Å². The lowest BCUT2D eigenvalue weighted by atomic mass is 9.95. The molecule has 1 aliphatic rings. The molecule has 0 saturated heterocycles. The number of aromatic nitrogens is 1. The normalized spacial score (nSPS) is 16.0. The molecule has 0 amide bonds. The molecule has 0 spiro atoms. The first-order chi connectivity index (χ1) is 9.78. The van der Waals surface area contributed by atoms with Crippen molar-refractivity contribution in [2.75, 3.05) is 5.32 Å². The number of halogens is 1. The highest BCUT2D eigenvalue weighted by Crippen LogP contribution is 2.30. The van der Waals surface area contributed by atoms with Crippen LogP contribution < -0.4 is 5.32 Å². The predicted octanol–water partition coefficient (Wildman–Crippen LogP) is 4.61. The van der Waals surface area contributed by atoms with Crippen LogP contribution in [0.25, 0.3) is 10.8 Å². The van der Waals surface area contributed by atoms with Crippen molar-refractivity contribution in [3.05, 3.63) is 34.4 Å². The number of fused-ring (bicyclic) bond motifs is 1. The first-order valence-corrected chi connectivity index (χ1v) is 7.82. The molecule has 1 heterocycles. The van der Waals surface area contributed by atoms with Gasteiger partial charge < -0.3 is 5.32 Å². The van der Waals surface area contributed by atoms with Crippen LogP contribution in [-0.4, -0.2) is 11.0 Å². The van der Waals surface area contributed by atoms with Crippen molar-refractivity contribution in [3.63, 3.8) is 0 Å². The third-order valence-electron chi connectivity index (χ3n) is 3.91. The summed E-state index contributed by atoms with van der Waals surface area (Å²) < 4.78 is 0.929. The summed E-state index contributed by atoms with van der Waals surface area (Å²) >= 11 is 3.52. The molecule has 1 N–H and O–H groups in total. The SMILES string of the molecule is N#Cc1ccc2c(NC3CCCCC3)ncc(Br)c2c1. The lowest BCUT2D eigenvalue weighted by molar-refractivity contribution is 0.462. The van der Waals surface area contributed by atoms with Gasteiger partial charge in [0.25, 0.3) is 0 Å². The summed E-state index contributed by atoms with van der Waals surface area (Å²) in [6, 6.07) is 8.45. The van der Waals surface area contributed by atoms with E-state index in [9.17, 15) is 0 Å². The predicted molar refractivity (Wildman–Crippen MR) is 84.7 cm³/mol. The quantitative estimate of drug-likeness (QED) is 0.874. The number of pyridine rings is 1. The second kappa shape index (κ2) is 5.80. The van der Waals surface area contributed by atoms with E-state index in [1.807, 2.05) is 24.4 Å². The minimum Gasteiger partial charge on any atom is -0.367 e. The first kappa shape index (κ1) is 13.4. The molecule has 0 unspecified atom stereocenters. The summed E-state index contributed by atoms with van der Waals surface area (Å²) in [5.41, 5.74) is 0.674. The number of rotatable bonds is 2. The van der Waals surface area contributed by atoms with Gasteiger partial charge in [0.05, 0.1) is 11.6 Å². The molecule has 1 aromatic carbocycles. The molecule has 1 aromatic heterocycles. The summed E-state index contributed by atoms with van der Waals surface area (Å²) in [6.07, 6.45) is 8.19. The van der Waals surface area contributed by atoms with Gasteiger partial charge in [-0.25, -0.2) is 4.98 Å². The summed E-state index contributed by atoms with van der Waals surface area (Å²) in [6.45, 7) is 0. The third-order valence-corrected chi connectivity index (χ3v) is 4.55. The first-order valence-electron chi connectivity index (χ1n) is 7.03. The van der Waals surface area contributed by atoms with Crippen molar-refractivity contribution in [2.24, 2.45) is 0 Å². The maximum Gasteiger partial charge on any atom is 0.134 e. The second-order valence-electron chi connectivity index (χ2n) is 5.31. The molecule has 3 rings (SSSR count). The van der Waals surface area contributed by atoms with Crippen LogP contribution in [0.15, 0.2) is 28.9 Å². The van der Waals surface area contributed by atoms with Crippen LogP contribution in [0.1, 0.15) is 37.7 Å². The van der Waals surface area contributed by atoms with E-state index in [1.165, 1.54) is 32.1 Å². The van der Waals surface area contributed by atoms with Crippen LogP contribution in [0.2, 0.25) is 0 Å². The van der Waals surface area contributed by atoms with Crippen LogP contribution >= 0.6 is 15.9 Å². The van der Waals surface area contributed by atoms with Gasteiger partial charge in [0.2, 0.25) is 0 Å². The minimum atomic E-state index is 0.524. The molecule has 20 heavy (non-hydrogen) atoms. The zero-order chi connectivity index (χ0) is 13.9. The fourth-order valence-electron chi connectivity index (χ4n) is 2.83. The van der Waals surface area contributed by atoms with Gasteiger partial charge in [-0.1, -0.05) is 19.3 Å². The highest BCUT2D eigenvalue weighted by molar-refractivity contribution is 9.10. The molecule has 2 aromatic rings. The summed E-state index contributed by atoms with van der Waals surface area (Å²) in [5.74, 6) is 0.930. The standard InChI is InChI=1S/C16H16BrN3/c17-15-10-19-16(20-12-4-2-1-3-5-12)13-7-6-11(9-18)8-14(13)15/h6-8,10,12H,1-5H2,(H,19,20).